The number of para-hydroxylation sites is 1. The summed E-state index contributed by atoms with van der Waals surface area (Å²) in [5.74, 6) is 0.962. The van der Waals surface area contributed by atoms with Crippen LogP contribution in [0.4, 0.5) is 5.69 Å². The Morgan fingerprint density at radius 2 is 2.04 bits per heavy atom. The standard InChI is InChI=1S/C21H25NO3/c1-5-8-16-11-12-18(19(13-16)24-4)25-14-20(23)22-21-15(3)9-7-10-17(21)6-2/h5,7,9-13H,1,6,8,14H2,2-4H3,(H,22,23). The SMILES string of the molecule is C=CCc1ccc(OCC(=O)Nc2c(C)cccc2CC)c(OC)c1. The van der Waals surface area contributed by atoms with E-state index in [9.17, 15) is 4.79 Å². The van der Waals surface area contributed by atoms with E-state index in [-0.39, 0.29) is 12.5 Å². The van der Waals surface area contributed by atoms with Crippen molar-refractivity contribution in [2.75, 3.05) is 19.0 Å². The van der Waals surface area contributed by atoms with E-state index in [2.05, 4.69) is 18.8 Å². The van der Waals surface area contributed by atoms with Crippen LogP contribution in [0.25, 0.3) is 0 Å². The number of hydrogen-bond acceptors (Lipinski definition) is 3. The first-order valence-electron chi connectivity index (χ1n) is 8.38. The molecular weight excluding hydrogens is 314 g/mol. The number of benzene rings is 2. The Hall–Kier alpha value is -2.75. The van der Waals surface area contributed by atoms with Gasteiger partial charge < -0.3 is 14.8 Å². The lowest BCUT2D eigenvalue weighted by Crippen LogP contribution is -2.21. The Morgan fingerprint density at radius 3 is 2.72 bits per heavy atom. The minimum Gasteiger partial charge on any atom is -0.493 e. The van der Waals surface area contributed by atoms with Crippen molar-refractivity contribution < 1.29 is 14.3 Å². The van der Waals surface area contributed by atoms with Crippen molar-refractivity contribution in [3.63, 3.8) is 0 Å². The topological polar surface area (TPSA) is 47.6 Å². The van der Waals surface area contributed by atoms with Crippen LogP contribution >= 0.6 is 0 Å². The lowest BCUT2D eigenvalue weighted by molar-refractivity contribution is -0.118. The molecule has 0 fully saturated rings. The van der Waals surface area contributed by atoms with Crippen molar-refractivity contribution in [1.82, 2.24) is 0 Å². The second-order valence-corrected chi connectivity index (χ2v) is 5.78. The summed E-state index contributed by atoms with van der Waals surface area (Å²) in [6.07, 6.45) is 3.44. The minimum atomic E-state index is -0.193. The quantitative estimate of drug-likeness (QED) is 0.729. The fraction of sp³-hybridized carbons (Fsp3) is 0.286. The first-order chi connectivity index (χ1) is 12.1. The zero-order valence-electron chi connectivity index (χ0n) is 15.1. The molecule has 4 nitrogen and oxygen atoms in total. The maximum atomic E-state index is 12.3. The molecular formula is C21H25NO3. The molecule has 0 spiro atoms. The highest BCUT2D eigenvalue weighted by molar-refractivity contribution is 5.93. The van der Waals surface area contributed by atoms with Gasteiger partial charge in [-0.1, -0.05) is 37.3 Å². The molecule has 25 heavy (non-hydrogen) atoms. The summed E-state index contributed by atoms with van der Waals surface area (Å²) in [6.45, 7) is 7.70. The summed E-state index contributed by atoms with van der Waals surface area (Å²) >= 11 is 0. The van der Waals surface area contributed by atoms with Crippen molar-refractivity contribution >= 4 is 11.6 Å². The molecule has 2 rings (SSSR count). The number of nitrogens with one attached hydrogen (secondary N) is 1. The van der Waals surface area contributed by atoms with Crippen LogP contribution in [0, 0.1) is 6.92 Å². The third kappa shape index (κ3) is 4.86. The van der Waals surface area contributed by atoms with Crippen molar-refractivity contribution in [3.05, 3.63) is 65.7 Å². The van der Waals surface area contributed by atoms with E-state index >= 15 is 0 Å². The van der Waals surface area contributed by atoms with Crippen LogP contribution in [0.2, 0.25) is 0 Å². The highest BCUT2D eigenvalue weighted by Crippen LogP contribution is 2.28. The number of allylic oxidation sites excluding steroid dienone is 1. The molecule has 0 atom stereocenters. The first-order valence-corrected chi connectivity index (χ1v) is 8.38. The Bertz CT molecular complexity index is 753. The van der Waals surface area contributed by atoms with E-state index < -0.39 is 0 Å². The predicted octanol–water partition coefficient (Wildman–Crippen LogP) is 4.31. The number of amides is 1. The Labute approximate surface area is 149 Å². The summed E-state index contributed by atoms with van der Waals surface area (Å²) in [4.78, 5) is 12.3. The molecule has 2 aromatic rings. The minimum absolute atomic E-state index is 0.0747. The second-order valence-electron chi connectivity index (χ2n) is 5.78. The van der Waals surface area contributed by atoms with Gasteiger partial charge in [0.05, 0.1) is 7.11 Å². The Kier molecular flexibility index (Phi) is 6.63. The summed E-state index contributed by atoms with van der Waals surface area (Å²) in [5, 5.41) is 2.95. The molecule has 0 aliphatic rings. The second kappa shape index (κ2) is 8.92. The Morgan fingerprint density at radius 1 is 1.24 bits per heavy atom. The lowest BCUT2D eigenvalue weighted by atomic mass is 10.1. The van der Waals surface area contributed by atoms with Crippen molar-refractivity contribution in [1.29, 1.82) is 0 Å². The van der Waals surface area contributed by atoms with E-state index in [1.165, 1.54) is 0 Å². The van der Waals surface area contributed by atoms with E-state index in [1.54, 1.807) is 7.11 Å². The van der Waals surface area contributed by atoms with Gasteiger partial charge in [-0.2, -0.15) is 0 Å². The third-order valence-corrected chi connectivity index (χ3v) is 3.97. The summed E-state index contributed by atoms with van der Waals surface area (Å²) in [5.41, 5.74) is 4.10. The van der Waals surface area contributed by atoms with E-state index in [1.807, 2.05) is 49.4 Å². The highest BCUT2D eigenvalue weighted by Gasteiger charge is 2.11. The maximum Gasteiger partial charge on any atom is 0.262 e. The molecule has 0 bridgehead atoms. The molecule has 0 aliphatic carbocycles. The van der Waals surface area contributed by atoms with Crippen LogP contribution < -0.4 is 14.8 Å². The number of rotatable bonds is 8. The van der Waals surface area contributed by atoms with Gasteiger partial charge in [-0.25, -0.2) is 0 Å². The molecule has 2 aromatic carbocycles. The van der Waals surface area contributed by atoms with E-state index in [4.69, 9.17) is 9.47 Å². The zero-order chi connectivity index (χ0) is 18.2. The Balaban J connectivity index is 2.04. The highest BCUT2D eigenvalue weighted by atomic mass is 16.5. The molecule has 0 heterocycles. The summed E-state index contributed by atoms with van der Waals surface area (Å²) in [7, 11) is 1.58. The molecule has 0 aromatic heterocycles. The smallest absolute Gasteiger partial charge is 0.262 e. The normalized spacial score (nSPS) is 10.2. The van der Waals surface area contributed by atoms with Crippen LogP contribution in [-0.2, 0) is 17.6 Å². The van der Waals surface area contributed by atoms with E-state index in [0.29, 0.717) is 11.5 Å². The number of carbonyl (C=O) groups excluding carboxylic acids is 1. The number of hydrogen-bond donors (Lipinski definition) is 1. The van der Waals surface area contributed by atoms with Crippen LogP contribution in [0.1, 0.15) is 23.6 Å². The predicted molar refractivity (Wildman–Crippen MR) is 102 cm³/mol. The summed E-state index contributed by atoms with van der Waals surface area (Å²) < 4.78 is 11.0. The number of aryl methyl sites for hydroxylation is 2. The van der Waals surface area contributed by atoms with Gasteiger partial charge in [0, 0.05) is 5.69 Å². The molecule has 0 saturated carbocycles. The molecule has 0 unspecified atom stereocenters. The molecule has 0 saturated heterocycles. The lowest BCUT2D eigenvalue weighted by Gasteiger charge is -2.14. The van der Waals surface area contributed by atoms with Gasteiger partial charge in [-0.05, 0) is 48.6 Å². The number of methoxy groups -OCH3 is 1. The number of anilines is 1. The average molecular weight is 339 g/mol. The number of ether oxygens (including phenoxy) is 2. The van der Waals surface area contributed by atoms with Gasteiger partial charge in [-0.3, -0.25) is 4.79 Å². The van der Waals surface area contributed by atoms with Gasteiger partial charge in [0.1, 0.15) is 0 Å². The van der Waals surface area contributed by atoms with Crippen LogP contribution in [0.15, 0.2) is 49.1 Å². The maximum absolute atomic E-state index is 12.3. The van der Waals surface area contributed by atoms with Crippen LogP contribution in [0.3, 0.4) is 0 Å². The fourth-order valence-corrected chi connectivity index (χ4v) is 2.65. The molecule has 132 valence electrons. The van der Waals surface area contributed by atoms with E-state index in [0.717, 1.165) is 35.2 Å². The average Bonchev–Trinajstić information content (AvgIpc) is 2.62. The molecule has 1 N–H and O–H groups in total. The largest absolute Gasteiger partial charge is 0.493 e. The fourth-order valence-electron chi connectivity index (χ4n) is 2.65. The van der Waals surface area contributed by atoms with Gasteiger partial charge in [0.2, 0.25) is 0 Å². The van der Waals surface area contributed by atoms with Gasteiger partial charge >= 0.3 is 0 Å². The molecule has 0 aliphatic heterocycles. The van der Waals surface area contributed by atoms with Crippen molar-refractivity contribution in [2.24, 2.45) is 0 Å². The first kappa shape index (κ1) is 18.6. The molecule has 1 amide bonds. The number of carbonyl (C=O) groups is 1. The molecule has 0 radical (unpaired) electrons. The van der Waals surface area contributed by atoms with Gasteiger partial charge in [-0.15, -0.1) is 6.58 Å². The van der Waals surface area contributed by atoms with Crippen LogP contribution in [0.5, 0.6) is 11.5 Å². The third-order valence-electron chi connectivity index (χ3n) is 3.97. The van der Waals surface area contributed by atoms with Gasteiger partial charge in [0.25, 0.3) is 5.91 Å². The summed E-state index contributed by atoms with van der Waals surface area (Å²) in [6, 6.07) is 11.6. The van der Waals surface area contributed by atoms with Crippen molar-refractivity contribution in [2.45, 2.75) is 26.7 Å². The monoisotopic (exact) mass is 339 g/mol. The zero-order valence-corrected chi connectivity index (χ0v) is 15.1. The van der Waals surface area contributed by atoms with Gasteiger partial charge in [0.15, 0.2) is 18.1 Å². The molecule has 4 heteroatoms. The van der Waals surface area contributed by atoms with Crippen molar-refractivity contribution in [3.8, 4) is 11.5 Å². The van der Waals surface area contributed by atoms with Crippen LogP contribution in [-0.4, -0.2) is 19.6 Å².